The summed E-state index contributed by atoms with van der Waals surface area (Å²) in [7, 11) is -0.717. The van der Waals surface area contributed by atoms with Crippen LogP contribution in [0.5, 0.6) is 5.75 Å². The predicted octanol–water partition coefficient (Wildman–Crippen LogP) is 3.39. The molecule has 5 nitrogen and oxygen atoms in total. The fourth-order valence-corrected chi connectivity index (χ4v) is 4.70. The first-order valence-corrected chi connectivity index (χ1v) is 11.3. The van der Waals surface area contributed by atoms with Gasteiger partial charge in [-0.05, 0) is 32.3 Å². The van der Waals surface area contributed by atoms with Crippen molar-refractivity contribution in [2.24, 2.45) is 4.99 Å². The number of nitrogens with one attached hydrogen (secondary N) is 2. The number of nitrogens with zero attached hydrogens (tertiary/aromatic N) is 1. The molecule has 2 N–H and O–H groups in total. The maximum atomic E-state index is 12.2. The number of aliphatic imine (C=N–C) groups is 1. The Morgan fingerprint density at radius 2 is 2.19 bits per heavy atom. The topological polar surface area (TPSA) is 62.7 Å². The molecule has 1 saturated carbocycles. The molecule has 0 saturated heterocycles. The van der Waals surface area contributed by atoms with Gasteiger partial charge in [-0.1, -0.05) is 44.2 Å². The van der Waals surface area contributed by atoms with Crippen LogP contribution in [0.25, 0.3) is 0 Å². The van der Waals surface area contributed by atoms with Crippen molar-refractivity contribution in [1.82, 2.24) is 10.6 Å². The van der Waals surface area contributed by atoms with Gasteiger partial charge in [-0.3, -0.25) is 4.21 Å². The molecular formula is C21H33N3O2S. The highest BCUT2D eigenvalue weighted by atomic mass is 32.2. The molecule has 3 atom stereocenters. The van der Waals surface area contributed by atoms with Gasteiger partial charge in [-0.2, -0.15) is 0 Å². The molecule has 1 aliphatic carbocycles. The van der Waals surface area contributed by atoms with Crippen molar-refractivity contribution >= 4 is 16.8 Å². The zero-order chi connectivity index (χ0) is 19.5. The van der Waals surface area contributed by atoms with Crippen molar-refractivity contribution in [3.63, 3.8) is 0 Å². The normalized spacial score (nSPS) is 21.3. The van der Waals surface area contributed by atoms with Crippen LogP contribution in [0.3, 0.4) is 0 Å². The second kappa shape index (κ2) is 11.8. The molecule has 0 aromatic heterocycles. The Kier molecular flexibility index (Phi) is 9.39. The van der Waals surface area contributed by atoms with Crippen LogP contribution in [-0.2, 0) is 17.3 Å². The molecule has 3 unspecified atom stereocenters. The quantitative estimate of drug-likeness (QED) is 0.385. The van der Waals surface area contributed by atoms with Gasteiger partial charge < -0.3 is 15.4 Å². The Morgan fingerprint density at radius 1 is 1.37 bits per heavy atom. The van der Waals surface area contributed by atoms with Crippen LogP contribution < -0.4 is 15.4 Å². The van der Waals surface area contributed by atoms with Crippen molar-refractivity contribution in [2.45, 2.75) is 57.4 Å². The van der Waals surface area contributed by atoms with Crippen molar-refractivity contribution < 1.29 is 8.95 Å². The van der Waals surface area contributed by atoms with E-state index in [0.717, 1.165) is 55.3 Å². The van der Waals surface area contributed by atoms with E-state index in [9.17, 15) is 4.21 Å². The van der Waals surface area contributed by atoms with Crippen molar-refractivity contribution in [2.75, 3.05) is 18.9 Å². The van der Waals surface area contributed by atoms with Crippen LogP contribution in [0.15, 0.2) is 41.9 Å². The molecular weight excluding hydrogens is 358 g/mol. The maximum Gasteiger partial charge on any atom is 0.191 e. The first kappa shape index (κ1) is 21.5. The molecule has 1 aliphatic rings. The molecule has 0 heterocycles. The van der Waals surface area contributed by atoms with E-state index in [1.165, 1.54) is 0 Å². The van der Waals surface area contributed by atoms with Gasteiger partial charge in [-0.15, -0.1) is 0 Å². The number of hydrogen-bond donors (Lipinski definition) is 2. The van der Waals surface area contributed by atoms with E-state index in [1.54, 1.807) is 6.08 Å². The van der Waals surface area contributed by atoms with Crippen LogP contribution in [0, 0.1) is 0 Å². The van der Waals surface area contributed by atoms with Gasteiger partial charge in [-0.25, -0.2) is 4.99 Å². The SMILES string of the molecule is C=CCOc1ccccc1CN=C(NCC)NC1CCCC(S(=O)CC)C1. The minimum Gasteiger partial charge on any atom is -0.489 e. The largest absolute Gasteiger partial charge is 0.489 e. The minimum absolute atomic E-state index is 0.303. The van der Waals surface area contributed by atoms with Crippen LogP contribution >= 0.6 is 0 Å². The van der Waals surface area contributed by atoms with Crippen LogP contribution in [-0.4, -0.2) is 40.4 Å². The lowest BCUT2D eigenvalue weighted by atomic mass is 9.95. The van der Waals surface area contributed by atoms with E-state index < -0.39 is 10.8 Å². The third-order valence-electron chi connectivity index (χ3n) is 4.70. The van der Waals surface area contributed by atoms with E-state index in [0.29, 0.717) is 24.4 Å². The van der Waals surface area contributed by atoms with Crippen LogP contribution in [0.2, 0.25) is 0 Å². The molecule has 6 heteroatoms. The van der Waals surface area contributed by atoms with Crippen LogP contribution in [0.1, 0.15) is 45.1 Å². The summed E-state index contributed by atoms with van der Waals surface area (Å²) in [5.41, 5.74) is 1.05. The zero-order valence-electron chi connectivity index (χ0n) is 16.6. The molecule has 0 bridgehead atoms. The first-order valence-electron chi connectivity index (χ1n) is 9.91. The van der Waals surface area contributed by atoms with E-state index >= 15 is 0 Å². The smallest absolute Gasteiger partial charge is 0.191 e. The van der Waals surface area contributed by atoms with Gasteiger partial charge in [0.1, 0.15) is 12.4 Å². The monoisotopic (exact) mass is 391 g/mol. The molecule has 2 rings (SSSR count). The molecule has 1 aromatic rings. The van der Waals surface area contributed by atoms with E-state index in [4.69, 9.17) is 9.73 Å². The highest BCUT2D eigenvalue weighted by molar-refractivity contribution is 7.85. The Bertz CT molecular complexity index is 648. The minimum atomic E-state index is -0.717. The number of para-hydroxylation sites is 1. The Hall–Kier alpha value is -1.82. The van der Waals surface area contributed by atoms with E-state index in [-0.39, 0.29) is 0 Å². The summed E-state index contributed by atoms with van der Waals surface area (Å²) in [5.74, 6) is 2.39. The Morgan fingerprint density at radius 3 is 2.93 bits per heavy atom. The second-order valence-electron chi connectivity index (χ2n) is 6.70. The van der Waals surface area contributed by atoms with Crippen molar-refractivity contribution in [1.29, 1.82) is 0 Å². The summed E-state index contributed by atoms with van der Waals surface area (Å²) in [6.07, 6.45) is 5.97. The summed E-state index contributed by atoms with van der Waals surface area (Å²) in [6, 6.07) is 8.28. The fraction of sp³-hybridized carbons (Fsp3) is 0.571. The lowest BCUT2D eigenvalue weighted by Gasteiger charge is -2.30. The first-order chi connectivity index (χ1) is 13.2. The van der Waals surface area contributed by atoms with E-state index in [2.05, 4.69) is 24.1 Å². The fourth-order valence-electron chi connectivity index (χ4n) is 3.35. The lowest BCUT2D eigenvalue weighted by Crippen LogP contribution is -2.46. The maximum absolute atomic E-state index is 12.2. The summed E-state index contributed by atoms with van der Waals surface area (Å²) < 4.78 is 17.9. The molecule has 1 aromatic carbocycles. The van der Waals surface area contributed by atoms with Gasteiger partial charge in [0.15, 0.2) is 5.96 Å². The molecule has 27 heavy (non-hydrogen) atoms. The lowest BCUT2D eigenvalue weighted by molar-refractivity contribution is 0.359. The van der Waals surface area contributed by atoms with Crippen molar-refractivity contribution in [3.05, 3.63) is 42.5 Å². The Balaban J connectivity index is 2.02. The number of rotatable bonds is 9. The predicted molar refractivity (Wildman–Crippen MR) is 115 cm³/mol. The van der Waals surface area contributed by atoms with Gasteiger partial charge >= 0.3 is 0 Å². The second-order valence-corrected chi connectivity index (χ2v) is 8.71. The summed E-state index contributed by atoms with van der Waals surface area (Å²) >= 11 is 0. The standard InChI is InChI=1S/C21H33N3O2S/c1-4-14-26-20-13-8-7-10-17(20)16-23-21(22-5-2)24-18-11-9-12-19(15-18)27(25)6-3/h4,7-8,10,13,18-19H,1,5-6,9,11-12,14-16H2,2-3H3,(H2,22,23,24). The summed E-state index contributed by atoms with van der Waals surface area (Å²) in [5, 5.41) is 7.18. The third-order valence-corrected chi connectivity index (χ3v) is 6.45. The zero-order valence-corrected chi connectivity index (χ0v) is 17.4. The molecule has 0 spiro atoms. The highest BCUT2D eigenvalue weighted by Crippen LogP contribution is 2.23. The van der Waals surface area contributed by atoms with Gasteiger partial charge in [0.25, 0.3) is 0 Å². The van der Waals surface area contributed by atoms with Gasteiger partial charge in [0.2, 0.25) is 0 Å². The van der Waals surface area contributed by atoms with E-state index in [1.807, 2.05) is 31.2 Å². The third kappa shape index (κ3) is 7.01. The average Bonchev–Trinajstić information content (AvgIpc) is 2.70. The number of ether oxygens (including phenoxy) is 1. The molecule has 0 radical (unpaired) electrons. The summed E-state index contributed by atoms with van der Waals surface area (Å²) in [6.45, 7) is 9.60. The molecule has 1 fully saturated rings. The Labute approximate surface area is 166 Å². The summed E-state index contributed by atoms with van der Waals surface area (Å²) in [4.78, 5) is 4.75. The number of hydrogen-bond acceptors (Lipinski definition) is 3. The van der Waals surface area contributed by atoms with Gasteiger partial charge in [0.05, 0.1) is 6.54 Å². The number of benzene rings is 1. The molecule has 150 valence electrons. The van der Waals surface area contributed by atoms with Crippen LogP contribution in [0.4, 0.5) is 0 Å². The number of guanidine groups is 1. The van der Waals surface area contributed by atoms with Crippen molar-refractivity contribution in [3.8, 4) is 5.75 Å². The van der Waals surface area contributed by atoms with Gasteiger partial charge in [0, 0.05) is 40.0 Å². The molecule has 0 amide bonds. The highest BCUT2D eigenvalue weighted by Gasteiger charge is 2.26. The molecule has 0 aliphatic heterocycles. The average molecular weight is 392 g/mol.